The van der Waals surface area contributed by atoms with E-state index in [9.17, 15) is 14.4 Å². The van der Waals surface area contributed by atoms with E-state index < -0.39 is 17.8 Å². The molecule has 0 saturated carbocycles. The number of aromatic nitrogens is 1. The molecule has 6 nitrogen and oxygen atoms in total. The molecule has 2 amide bonds. The number of halogens is 1. The summed E-state index contributed by atoms with van der Waals surface area (Å²) in [5, 5.41) is 1.39. The van der Waals surface area contributed by atoms with Crippen LogP contribution in [0, 0.1) is 6.92 Å². The normalized spacial score (nSPS) is 13.2. The molecule has 0 unspecified atom stereocenters. The van der Waals surface area contributed by atoms with Crippen molar-refractivity contribution in [3.8, 4) is 0 Å². The lowest BCUT2D eigenvalue weighted by molar-refractivity contribution is -0.0583. The Balaban J connectivity index is 1.70. The zero-order valence-electron chi connectivity index (χ0n) is 13.5. The molecule has 0 radical (unpaired) electrons. The molecule has 26 heavy (non-hydrogen) atoms. The van der Waals surface area contributed by atoms with Gasteiger partial charge in [0.25, 0.3) is 11.8 Å². The van der Waals surface area contributed by atoms with Crippen LogP contribution in [-0.2, 0) is 4.84 Å². The second-order valence-electron chi connectivity index (χ2n) is 5.78. The van der Waals surface area contributed by atoms with Crippen LogP contribution < -0.4 is 0 Å². The van der Waals surface area contributed by atoms with Crippen LogP contribution in [0.4, 0.5) is 0 Å². The molecule has 2 aromatic carbocycles. The Kier molecular flexibility index (Phi) is 3.70. The van der Waals surface area contributed by atoms with Crippen LogP contribution in [0.25, 0.3) is 10.9 Å². The maximum Gasteiger partial charge on any atom is 0.364 e. The summed E-state index contributed by atoms with van der Waals surface area (Å²) < 4.78 is 0. The van der Waals surface area contributed by atoms with Crippen LogP contribution >= 0.6 is 11.6 Å². The lowest BCUT2D eigenvalue weighted by Gasteiger charge is -2.14. The molecule has 7 heteroatoms. The van der Waals surface area contributed by atoms with Gasteiger partial charge in [-0.15, -0.1) is 0 Å². The molecule has 0 fully saturated rings. The van der Waals surface area contributed by atoms with Crippen LogP contribution in [0.1, 0.15) is 36.6 Å². The highest BCUT2D eigenvalue weighted by Crippen LogP contribution is 2.29. The number of benzene rings is 2. The summed E-state index contributed by atoms with van der Waals surface area (Å²) >= 11 is 6.25. The fraction of sp³-hybridized carbons (Fsp3) is 0.0526. The van der Waals surface area contributed by atoms with Crippen molar-refractivity contribution in [2.24, 2.45) is 0 Å². The summed E-state index contributed by atoms with van der Waals surface area (Å²) in [5.74, 6) is -2.19. The zero-order valence-corrected chi connectivity index (χ0v) is 14.3. The summed E-state index contributed by atoms with van der Waals surface area (Å²) in [4.78, 5) is 46.6. The molecule has 0 aliphatic carbocycles. The van der Waals surface area contributed by atoms with Gasteiger partial charge >= 0.3 is 5.97 Å². The number of nitrogens with zero attached hydrogens (tertiary/aromatic N) is 2. The fourth-order valence-electron chi connectivity index (χ4n) is 2.85. The Bertz CT molecular complexity index is 1070. The number of pyridine rings is 1. The van der Waals surface area contributed by atoms with Gasteiger partial charge in [-0.1, -0.05) is 40.9 Å². The molecule has 0 atom stereocenters. The van der Waals surface area contributed by atoms with E-state index in [1.54, 1.807) is 24.3 Å². The topological polar surface area (TPSA) is 76.6 Å². The van der Waals surface area contributed by atoms with Gasteiger partial charge in [0.2, 0.25) is 0 Å². The Morgan fingerprint density at radius 1 is 1.04 bits per heavy atom. The fourth-order valence-corrected chi connectivity index (χ4v) is 3.06. The SMILES string of the molecule is Cc1ccc2c(C(=O)ON3C(=O)c4ccccc4C3=O)ccnc2c1Cl. The first-order chi connectivity index (χ1) is 12.5. The minimum atomic E-state index is -0.841. The monoisotopic (exact) mass is 366 g/mol. The van der Waals surface area contributed by atoms with Crippen molar-refractivity contribution in [1.82, 2.24) is 10.0 Å². The Labute approximate surface area is 152 Å². The van der Waals surface area contributed by atoms with Gasteiger partial charge in [0, 0.05) is 11.6 Å². The predicted molar refractivity (Wildman–Crippen MR) is 93.8 cm³/mol. The number of amides is 2. The molecule has 2 heterocycles. The molecule has 1 aliphatic heterocycles. The predicted octanol–water partition coefficient (Wildman–Crippen LogP) is 3.56. The van der Waals surface area contributed by atoms with E-state index in [0.29, 0.717) is 21.0 Å². The van der Waals surface area contributed by atoms with Gasteiger partial charge in [0.05, 0.1) is 27.2 Å². The lowest BCUT2D eigenvalue weighted by atomic mass is 10.1. The highest BCUT2D eigenvalue weighted by molar-refractivity contribution is 6.36. The molecule has 0 saturated heterocycles. The maximum atomic E-state index is 12.6. The molecule has 4 rings (SSSR count). The van der Waals surface area contributed by atoms with E-state index in [-0.39, 0.29) is 16.7 Å². The maximum absolute atomic E-state index is 12.6. The highest BCUT2D eigenvalue weighted by Gasteiger charge is 2.39. The third kappa shape index (κ3) is 2.34. The molecular formula is C19H11ClN2O4. The molecule has 1 aliphatic rings. The van der Waals surface area contributed by atoms with Gasteiger partial charge in [0.1, 0.15) is 0 Å². The van der Waals surface area contributed by atoms with Gasteiger partial charge < -0.3 is 4.84 Å². The third-order valence-electron chi connectivity index (χ3n) is 4.20. The molecular weight excluding hydrogens is 356 g/mol. The molecule has 128 valence electrons. The average Bonchev–Trinajstić information content (AvgIpc) is 2.89. The summed E-state index contributed by atoms with van der Waals surface area (Å²) in [6.45, 7) is 1.83. The Morgan fingerprint density at radius 2 is 1.69 bits per heavy atom. The molecule has 3 aromatic rings. The molecule has 0 spiro atoms. The Morgan fingerprint density at radius 3 is 2.35 bits per heavy atom. The smallest absolute Gasteiger partial charge is 0.324 e. The second-order valence-corrected chi connectivity index (χ2v) is 6.16. The van der Waals surface area contributed by atoms with Crippen LogP contribution in [0.5, 0.6) is 0 Å². The molecule has 1 aromatic heterocycles. The van der Waals surface area contributed by atoms with E-state index in [2.05, 4.69) is 4.98 Å². The number of hydrogen-bond acceptors (Lipinski definition) is 5. The van der Waals surface area contributed by atoms with Crippen molar-refractivity contribution < 1.29 is 19.2 Å². The number of rotatable bonds is 2. The lowest BCUT2D eigenvalue weighted by Crippen LogP contribution is -2.32. The van der Waals surface area contributed by atoms with E-state index in [1.165, 1.54) is 24.4 Å². The van der Waals surface area contributed by atoms with Crippen molar-refractivity contribution in [3.05, 3.63) is 75.9 Å². The van der Waals surface area contributed by atoms with Gasteiger partial charge in [-0.2, -0.15) is 0 Å². The van der Waals surface area contributed by atoms with Crippen LogP contribution in [0.15, 0.2) is 48.7 Å². The van der Waals surface area contributed by atoms with Gasteiger partial charge in [-0.05, 0) is 30.7 Å². The van der Waals surface area contributed by atoms with Crippen molar-refractivity contribution in [3.63, 3.8) is 0 Å². The summed E-state index contributed by atoms with van der Waals surface area (Å²) in [6.07, 6.45) is 1.42. The number of carbonyl (C=O) groups excluding carboxylic acids is 3. The summed E-state index contributed by atoms with van der Waals surface area (Å²) in [5.41, 5.74) is 1.82. The minimum absolute atomic E-state index is 0.161. The first-order valence-electron chi connectivity index (χ1n) is 7.73. The van der Waals surface area contributed by atoms with E-state index in [1.807, 2.05) is 6.92 Å². The van der Waals surface area contributed by atoms with Crippen LogP contribution in [0.3, 0.4) is 0 Å². The number of imide groups is 1. The second kappa shape index (κ2) is 5.93. The van der Waals surface area contributed by atoms with E-state index in [4.69, 9.17) is 16.4 Å². The van der Waals surface area contributed by atoms with Crippen molar-refractivity contribution in [1.29, 1.82) is 0 Å². The van der Waals surface area contributed by atoms with Crippen LogP contribution in [-0.4, -0.2) is 27.8 Å². The third-order valence-corrected chi connectivity index (χ3v) is 4.67. The number of hydrogen-bond donors (Lipinski definition) is 0. The first kappa shape index (κ1) is 16.2. The van der Waals surface area contributed by atoms with Crippen molar-refractivity contribution in [2.45, 2.75) is 6.92 Å². The minimum Gasteiger partial charge on any atom is -0.324 e. The van der Waals surface area contributed by atoms with E-state index >= 15 is 0 Å². The zero-order chi connectivity index (χ0) is 18.4. The van der Waals surface area contributed by atoms with Crippen molar-refractivity contribution >= 4 is 40.3 Å². The number of carbonyl (C=O) groups is 3. The average molecular weight is 367 g/mol. The standard InChI is InChI=1S/C19H11ClN2O4/c1-10-6-7-11-14(8-9-21-16(11)15(10)20)19(25)26-22-17(23)12-4-2-3-5-13(12)18(22)24/h2-9H,1H3. The van der Waals surface area contributed by atoms with E-state index in [0.717, 1.165) is 5.56 Å². The number of fused-ring (bicyclic) bond motifs is 2. The van der Waals surface area contributed by atoms with Gasteiger partial charge in [-0.3, -0.25) is 14.6 Å². The van der Waals surface area contributed by atoms with Gasteiger partial charge in [0.15, 0.2) is 0 Å². The Hall–Kier alpha value is -3.25. The van der Waals surface area contributed by atoms with Gasteiger partial charge in [-0.25, -0.2) is 4.79 Å². The molecule has 0 N–H and O–H groups in total. The molecule has 0 bridgehead atoms. The quantitative estimate of drug-likeness (QED) is 0.648. The summed E-state index contributed by atoms with van der Waals surface area (Å²) in [6, 6.07) is 11.2. The first-order valence-corrected chi connectivity index (χ1v) is 8.11. The highest BCUT2D eigenvalue weighted by atomic mass is 35.5. The van der Waals surface area contributed by atoms with Crippen LogP contribution in [0.2, 0.25) is 5.02 Å². The number of hydroxylamine groups is 2. The van der Waals surface area contributed by atoms with Crippen molar-refractivity contribution in [2.75, 3.05) is 0 Å². The summed E-state index contributed by atoms with van der Waals surface area (Å²) in [7, 11) is 0. The number of aryl methyl sites for hydroxylation is 1. The largest absolute Gasteiger partial charge is 0.364 e.